The van der Waals surface area contributed by atoms with Gasteiger partial charge < -0.3 is 20.1 Å². The van der Waals surface area contributed by atoms with Crippen LogP contribution in [0.4, 0.5) is 13.2 Å². The minimum atomic E-state index is -1.63. The number of aromatic nitrogens is 7. The third kappa shape index (κ3) is 4.44. The van der Waals surface area contributed by atoms with E-state index in [-0.39, 0.29) is 17.1 Å². The van der Waals surface area contributed by atoms with Crippen molar-refractivity contribution in [3.05, 3.63) is 70.1 Å². The van der Waals surface area contributed by atoms with Gasteiger partial charge in [0.2, 0.25) is 0 Å². The molecule has 0 unspecified atom stereocenters. The van der Waals surface area contributed by atoms with Gasteiger partial charge in [-0.1, -0.05) is 16.8 Å². The van der Waals surface area contributed by atoms with Gasteiger partial charge >= 0.3 is 0 Å². The van der Waals surface area contributed by atoms with Crippen molar-refractivity contribution in [2.75, 3.05) is 6.61 Å². The molecule has 3 aromatic heterocycles. The molecule has 16 heteroatoms. The SMILES string of the molecule is Cc1nc2cc(Cl)c(-n3ncnc3[C@@H]3O[C@H](CO)[C@H](O)[C@H](n4cc(-c5cc(F)c(F)c(F)c5)nn4)[C@H]3O)cc2s1. The number of thiazole rings is 1. The van der Waals surface area contributed by atoms with Crippen LogP contribution in [0.1, 0.15) is 23.0 Å². The van der Waals surface area contributed by atoms with Gasteiger partial charge in [-0.25, -0.2) is 32.5 Å². The number of aryl methyl sites for hydroxylation is 1. The smallest absolute Gasteiger partial charge is 0.194 e. The quantitative estimate of drug-likeness (QED) is 0.262. The minimum Gasteiger partial charge on any atom is -0.394 e. The molecule has 2 aromatic carbocycles. The average Bonchev–Trinajstić information content (AvgIpc) is 3.66. The van der Waals surface area contributed by atoms with Crippen molar-refractivity contribution < 1.29 is 33.2 Å². The van der Waals surface area contributed by atoms with Crippen molar-refractivity contribution in [2.24, 2.45) is 0 Å². The van der Waals surface area contributed by atoms with E-state index in [1.54, 1.807) is 12.1 Å². The number of fused-ring (bicyclic) bond motifs is 1. The summed E-state index contributed by atoms with van der Waals surface area (Å²) in [7, 11) is 0. The number of rotatable bonds is 5. The van der Waals surface area contributed by atoms with Gasteiger partial charge in [0.15, 0.2) is 23.3 Å². The molecule has 1 aliphatic heterocycles. The van der Waals surface area contributed by atoms with Crippen molar-refractivity contribution in [1.82, 2.24) is 34.7 Å². The first kappa shape index (κ1) is 26.7. The first-order valence-electron chi connectivity index (χ1n) is 11.8. The molecule has 1 saturated heterocycles. The van der Waals surface area contributed by atoms with E-state index in [0.29, 0.717) is 16.2 Å². The molecule has 1 aliphatic rings. The lowest BCUT2D eigenvalue weighted by atomic mass is 9.92. The molecule has 1 fully saturated rings. The Morgan fingerprint density at radius 1 is 1.10 bits per heavy atom. The molecule has 208 valence electrons. The summed E-state index contributed by atoms with van der Waals surface area (Å²) < 4.78 is 50.2. The van der Waals surface area contributed by atoms with Crippen molar-refractivity contribution in [2.45, 2.75) is 37.4 Å². The second-order valence-electron chi connectivity index (χ2n) is 9.12. The number of hydrogen-bond donors (Lipinski definition) is 3. The molecule has 0 amide bonds. The van der Waals surface area contributed by atoms with Crippen molar-refractivity contribution in [1.29, 1.82) is 0 Å². The van der Waals surface area contributed by atoms with Gasteiger partial charge in [0.1, 0.15) is 42.5 Å². The molecule has 0 aliphatic carbocycles. The zero-order valence-corrected chi connectivity index (χ0v) is 21.9. The van der Waals surface area contributed by atoms with E-state index in [0.717, 1.165) is 26.5 Å². The van der Waals surface area contributed by atoms with Crippen LogP contribution < -0.4 is 0 Å². The molecular weight excluding hydrogens is 575 g/mol. The molecular formula is C24H19ClF3N7O4S. The zero-order valence-electron chi connectivity index (χ0n) is 20.4. The number of halogens is 4. The second kappa shape index (κ2) is 10.2. The first-order valence-corrected chi connectivity index (χ1v) is 13.0. The third-order valence-electron chi connectivity index (χ3n) is 6.61. The summed E-state index contributed by atoms with van der Waals surface area (Å²) in [4.78, 5) is 8.69. The predicted octanol–water partition coefficient (Wildman–Crippen LogP) is 2.91. The number of aliphatic hydroxyl groups excluding tert-OH is 3. The minimum absolute atomic E-state index is 0.0520. The highest BCUT2D eigenvalue weighted by Gasteiger charge is 2.48. The molecule has 40 heavy (non-hydrogen) atoms. The van der Waals surface area contributed by atoms with E-state index in [4.69, 9.17) is 16.3 Å². The Morgan fingerprint density at radius 2 is 1.85 bits per heavy atom. The summed E-state index contributed by atoms with van der Waals surface area (Å²) in [5, 5.41) is 45.5. The molecule has 0 bridgehead atoms. The third-order valence-corrected chi connectivity index (χ3v) is 7.84. The summed E-state index contributed by atoms with van der Waals surface area (Å²) in [6.45, 7) is 1.24. The normalized spacial score (nSPS) is 23.2. The van der Waals surface area contributed by atoms with Crippen LogP contribution in [0.15, 0.2) is 36.8 Å². The maximum atomic E-state index is 13.8. The van der Waals surface area contributed by atoms with Crippen LogP contribution in [-0.2, 0) is 4.74 Å². The number of nitrogens with zero attached hydrogens (tertiary/aromatic N) is 7. The summed E-state index contributed by atoms with van der Waals surface area (Å²) in [5.41, 5.74) is 0.979. The molecule has 11 nitrogen and oxygen atoms in total. The Hall–Kier alpha value is -3.47. The fraction of sp³-hybridized carbons (Fsp3) is 0.292. The van der Waals surface area contributed by atoms with E-state index < -0.39 is 54.5 Å². The molecule has 0 radical (unpaired) electrons. The van der Waals surface area contributed by atoms with E-state index in [2.05, 4.69) is 25.4 Å². The molecule has 4 heterocycles. The summed E-state index contributed by atoms with van der Waals surface area (Å²) in [6, 6.07) is 3.70. The largest absolute Gasteiger partial charge is 0.394 e. The Bertz CT molecular complexity index is 1710. The zero-order chi connectivity index (χ0) is 28.3. The van der Waals surface area contributed by atoms with Crippen molar-refractivity contribution in [3.8, 4) is 16.9 Å². The van der Waals surface area contributed by atoms with Gasteiger partial charge in [0.25, 0.3) is 0 Å². The maximum absolute atomic E-state index is 13.8. The molecule has 3 N–H and O–H groups in total. The molecule has 0 spiro atoms. The first-order chi connectivity index (χ1) is 19.2. The monoisotopic (exact) mass is 593 g/mol. The fourth-order valence-electron chi connectivity index (χ4n) is 4.73. The number of hydrogen-bond acceptors (Lipinski definition) is 10. The Morgan fingerprint density at radius 3 is 2.58 bits per heavy atom. The Labute approximate surface area is 232 Å². The number of ether oxygens (including phenoxy) is 1. The topological polar surface area (TPSA) is 144 Å². The highest BCUT2D eigenvalue weighted by molar-refractivity contribution is 7.18. The summed E-state index contributed by atoms with van der Waals surface area (Å²) in [5.74, 6) is -4.34. The lowest BCUT2D eigenvalue weighted by Crippen LogP contribution is -2.53. The van der Waals surface area contributed by atoms with E-state index in [9.17, 15) is 28.5 Å². The van der Waals surface area contributed by atoms with Crippen LogP contribution in [0.2, 0.25) is 5.02 Å². The van der Waals surface area contributed by atoms with Crippen LogP contribution in [0.25, 0.3) is 27.2 Å². The maximum Gasteiger partial charge on any atom is 0.194 e. The second-order valence-corrected chi connectivity index (χ2v) is 10.8. The van der Waals surface area contributed by atoms with E-state index >= 15 is 0 Å². The van der Waals surface area contributed by atoms with Crippen molar-refractivity contribution in [3.63, 3.8) is 0 Å². The van der Waals surface area contributed by atoms with Crippen LogP contribution in [0.5, 0.6) is 0 Å². The van der Waals surface area contributed by atoms with Crippen LogP contribution in [0, 0.1) is 24.4 Å². The summed E-state index contributed by atoms with van der Waals surface area (Å²) in [6.07, 6.45) is -2.98. The van der Waals surface area contributed by atoms with E-state index in [1.807, 2.05) is 6.92 Å². The number of aliphatic hydroxyl groups is 3. The average molecular weight is 594 g/mol. The molecule has 0 saturated carbocycles. The van der Waals surface area contributed by atoms with Gasteiger partial charge in [-0.2, -0.15) is 5.10 Å². The van der Waals surface area contributed by atoms with Crippen LogP contribution >= 0.6 is 22.9 Å². The molecule has 5 atom stereocenters. The van der Waals surface area contributed by atoms with Gasteiger partial charge in [-0.3, -0.25) is 0 Å². The van der Waals surface area contributed by atoms with Crippen LogP contribution in [0.3, 0.4) is 0 Å². The lowest BCUT2D eigenvalue weighted by molar-refractivity contribution is -0.210. The van der Waals surface area contributed by atoms with Gasteiger partial charge in [-0.15, -0.1) is 16.4 Å². The molecule has 6 rings (SSSR count). The summed E-state index contributed by atoms with van der Waals surface area (Å²) >= 11 is 8.00. The predicted molar refractivity (Wildman–Crippen MR) is 135 cm³/mol. The van der Waals surface area contributed by atoms with E-state index in [1.165, 1.54) is 28.5 Å². The Balaban J connectivity index is 1.38. The van der Waals surface area contributed by atoms with Gasteiger partial charge in [-0.05, 0) is 31.2 Å². The highest BCUT2D eigenvalue weighted by Crippen LogP contribution is 2.39. The van der Waals surface area contributed by atoms with Crippen LogP contribution in [-0.4, -0.2) is 75.0 Å². The Kier molecular flexibility index (Phi) is 6.80. The highest BCUT2D eigenvalue weighted by atomic mass is 35.5. The van der Waals surface area contributed by atoms with Crippen molar-refractivity contribution >= 4 is 33.2 Å². The number of benzene rings is 2. The van der Waals surface area contributed by atoms with Gasteiger partial charge in [0, 0.05) is 5.56 Å². The lowest BCUT2D eigenvalue weighted by Gasteiger charge is -2.41. The van der Waals surface area contributed by atoms with Gasteiger partial charge in [0.05, 0.1) is 38.7 Å². The standard InChI is InChI=1S/C24H19ClF3N7O4S/c1-9-31-14-4-11(25)16(5-18(14)40-9)35-24(29-8-30-35)23-22(38)20(21(37)17(7-36)39-23)34-6-15(32-33-34)10-2-12(26)19(28)13(27)3-10/h2-6,8,17,20-23,36-38H,7H2,1H3/t17-,20+,21+,22-,23-/m1/s1. The fourth-order valence-corrected chi connectivity index (χ4v) is 5.81. The molecule has 5 aromatic rings.